The Hall–Kier alpha value is -2.46. The fourth-order valence-corrected chi connectivity index (χ4v) is 3.93. The molecule has 31 heavy (non-hydrogen) atoms. The van der Waals surface area contributed by atoms with Gasteiger partial charge in [0.1, 0.15) is 0 Å². The first-order valence-corrected chi connectivity index (χ1v) is 10.8. The minimum Gasteiger partial charge on any atom is -0.340 e. The number of carbonyl (C=O) groups excluding carboxylic acids is 2. The number of anilines is 1. The van der Waals surface area contributed by atoms with Gasteiger partial charge in [0.15, 0.2) is 0 Å². The average Bonchev–Trinajstić information content (AvgIpc) is 2.98. The lowest BCUT2D eigenvalue weighted by molar-refractivity contribution is -0.138. The number of alkyl halides is 3. The number of aromatic nitrogens is 1. The van der Waals surface area contributed by atoms with Gasteiger partial charge in [0.2, 0.25) is 5.91 Å². The monoisotopic (exact) mass is 472 g/mol. The summed E-state index contributed by atoms with van der Waals surface area (Å²) in [5.41, 5.74) is -0.234. The molecule has 0 atom stereocenters. The van der Waals surface area contributed by atoms with Crippen LogP contribution >= 0.6 is 23.4 Å². The van der Waals surface area contributed by atoms with Crippen LogP contribution in [0.1, 0.15) is 12.0 Å². The second-order valence-corrected chi connectivity index (χ2v) is 8.27. The topological polar surface area (TPSA) is 65.5 Å². The molecule has 2 heterocycles. The lowest BCUT2D eigenvalue weighted by Gasteiger charge is -2.22. The summed E-state index contributed by atoms with van der Waals surface area (Å²) in [6, 6.07) is 8.78. The number of nitrogens with zero attached hydrogens (tertiary/aromatic N) is 3. The van der Waals surface area contributed by atoms with Crippen LogP contribution in [0.15, 0.2) is 47.6 Å². The summed E-state index contributed by atoms with van der Waals surface area (Å²) in [6.45, 7) is 1.76. The van der Waals surface area contributed by atoms with E-state index in [1.807, 2.05) is 0 Å². The average molecular weight is 473 g/mol. The van der Waals surface area contributed by atoms with Gasteiger partial charge >= 0.3 is 12.2 Å². The standard InChI is InChI=1S/C20H20ClF3N4O2S/c21-15-3-1-4-16(11-15)26-19(30)28-8-2-7-27(9-10-28)18(29)13-31-17-6-5-14(12-25-17)20(22,23)24/h1,3-6,11-12H,2,7-10,13H2,(H,26,30). The molecule has 0 unspecified atom stereocenters. The Balaban J connectivity index is 1.48. The van der Waals surface area contributed by atoms with Crippen LogP contribution in [-0.2, 0) is 11.0 Å². The molecule has 6 nitrogen and oxygen atoms in total. The molecule has 1 fully saturated rings. The van der Waals surface area contributed by atoms with E-state index in [2.05, 4.69) is 10.3 Å². The van der Waals surface area contributed by atoms with Crippen molar-refractivity contribution >= 4 is 41.0 Å². The van der Waals surface area contributed by atoms with Crippen LogP contribution in [-0.4, -0.2) is 58.7 Å². The van der Waals surface area contributed by atoms with Crippen LogP contribution in [0.5, 0.6) is 0 Å². The zero-order chi connectivity index (χ0) is 22.4. The molecule has 0 aliphatic carbocycles. The Morgan fingerprint density at radius 1 is 1.10 bits per heavy atom. The molecular formula is C20H20ClF3N4O2S. The zero-order valence-electron chi connectivity index (χ0n) is 16.4. The van der Waals surface area contributed by atoms with Gasteiger partial charge in [-0.05, 0) is 36.8 Å². The second-order valence-electron chi connectivity index (χ2n) is 6.83. The number of hydrogen-bond donors (Lipinski definition) is 1. The minimum atomic E-state index is -4.44. The Labute approximate surface area is 186 Å². The fourth-order valence-electron chi connectivity index (χ4n) is 3.00. The van der Waals surface area contributed by atoms with Crippen molar-refractivity contribution in [1.82, 2.24) is 14.8 Å². The summed E-state index contributed by atoms with van der Waals surface area (Å²) >= 11 is 7.01. The lowest BCUT2D eigenvalue weighted by atomic mass is 10.3. The van der Waals surface area contributed by atoms with Gasteiger partial charge in [0, 0.05) is 43.1 Å². The van der Waals surface area contributed by atoms with E-state index >= 15 is 0 Å². The number of hydrogen-bond acceptors (Lipinski definition) is 4. The highest BCUT2D eigenvalue weighted by Crippen LogP contribution is 2.29. The SMILES string of the molecule is O=C(CSc1ccc(C(F)(F)F)cn1)N1CCCN(C(=O)Nc2cccc(Cl)c2)CC1. The Bertz CT molecular complexity index is 927. The number of nitrogens with one attached hydrogen (secondary N) is 1. The maximum atomic E-state index is 12.6. The van der Waals surface area contributed by atoms with E-state index in [0.29, 0.717) is 48.3 Å². The molecule has 3 amide bonds. The Kier molecular flexibility index (Phi) is 7.66. The summed E-state index contributed by atoms with van der Waals surface area (Å²) in [7, 11) is 0. The van der Waals surface area contributed by atoms with Crippen molar-refractivity contribution in [3.63, 3.8) is 0 Å². The number of thioether (sulfide) groups is 1. The van der Waals surface area contributed by atoms with Crippen molar-refractivity contribution in [3.05, 3.63) is 53.2 Å². The predicted octanol–water partition coefficient (Wildman–Crippen LogP) is 4.61. The smallest absolute Gasteiger partial charge is 0.340 e. The van der Waals surface area contributed by atoms with Crippen molar-refractivity contribution in [2.24, 2.45) is 0 Å². The molecule has 1 N–H and O–H groups in total. The summed E-state index contributed by atoms with van der Waals surface area (Å²) < 4.78 is 37.8. The first kappa shape index (κ1) is 23.2. The number of rotatable bonds is 4. The molecule has 1 aromatic carbocycles. The number of urea groups is 1. The first-order valence-electron chi connectivity index (χ1n) is 9.48. The normalized spacial score (nSPS) is 14.8. The third-order valence-corrected chi connectivity index (χ3v) is 5.78. The Morgan fingerprint density at radius 3 is 2.52 bits per heavy atom. The van der Waals surface area contributed by atoms with E-state index in [9.17, 15) is 22.8 Å². The number of halogens is 4. The van der Waals surface area contributed by atoms with Gasteiger partial charge in [-0.3, -0.25) is 4.79 Å². The highest BCUT2D eigenvalue weighted by Gasteiger charge is 2.30. The minimum absolute atomic E-state index is 0.0626. The predicted molar refractivity (Wildman–Crippen MR) is 113 cm³/mol. The maximum absolute atomic E-state index is 12.6. The molecule has 1 aliphatic rings. The van der Waals surface area contributed by atoms with Crippen LogP contribution in [0.4, 0.5) is 23.7 Å². The third kappa shape index (κ3) is 6.76. The van der Waals surface area contributed by atoms with E-state index in [1.54, 1.807) is 34.1 Å². The van der Waals surface area contributed by atoms with Gasteiger partial charge in [-0.25, -0.2) is 9.78 Å². The molecule has 0 bridgehead atoms. The lowest BCUT2D eigenvalue weighted by Crippen LogP contribution is -2.39. The summed E-state index contributed by atoms with van der Waals surface area (Å²) in [5, 5.41) is 3.66. The molecule has 0 spiro atoms. The van der Waals surface area contributed by atoms with E-state index in [-0.39, 0.29) is 17.7 Å². The zero-order valence-corrected chi connectivity index (χ0v) is 17.9. The molecule has 1 aliphatic heterocycles. The molecule has 11 heteroatoms. The fraction of sp³-hybridized carbons (Fsp3) is 0.350. The second kappa shape index (κ2) is 10.2. The van der Waals surface area contributed by atoms with Crippen molar-refractivity contribution in [2.45, 2.75) is 17.6 Å². The van der Waals surface area contributed by atoms with Crippen LogP contribution in [0, 0.1) is 0 Å². The third-order valence-electron chi connectivity index (χ3n) is 4.62. The van der Waals surface area contributed by atoms with Gasteiger partial charge in [0.25, 0.3) is 0 Å². The van der Waals surface area contributed by atoms with Crippen molar-refractivity contribution in [1.29, 1.82) is 0 Å². The molecule has 1 saturated heterocycles. The summed E-state index contributed by atoms with van der Waals surface area (Å²) in [6.07, 6.45) is -3.06. The number of pyridine rings is 1. The van der Waals surface area contributed by atoms with Gasteiger partial charge in [-0.2, -0.15) is 13.2 Å². The van der Waals surface area contributed by atoms with Crippen LogP contribution in [0.2, 0.25) is 5.02 Å². The molecule has 1 aromatic heterocycles. The van der Waals surface area contributed by atoms with E-state index in [1.165, 1.54) is 6.07 Å². The number of amides is 3. The largest absolute Gasteiger partial charge is 0.417 e. The molecular weight excluding hydrogens is 453 g/mol. The van der Waals surface area contributed by atoms with E-state index in [4.69, 9.17) is 11.6 Å². The highest BCUT2D eigenvalue weighted by atomic mass is 35.5. The summed E-state index contributed by atoms with van der Waals surface area (Å²) in [5.74, 6) is -0.0867. The molecule has 0 saturated carbocycles. The maximum Gasteiger partial charge on any atom is 0.417 e. The number of benzene rings is 1. The van der Waals surface area contributed by atoms with Crippen molar-refractivity contribution in [3.8, 4) is 0 Å². The van der Waals surface area contributed by atoms with Crippen LogP contribution in [0.25, 0.3) is 0 Å². The van der Waals surface area contributed by atoms with Gasteiger partial charge < -0.3 is 15.1 Å². The highest BCUT2D eigenvalue weighted by molar-refractivity contribution is 7.99. The number of carbonyl (C=O) groups is 2. The van der Waals surface area contributed by atoms with Gasteiger partial charge in [-0.1, -0.05) is 29.4 Å². The van der Waals surface area contributed by atoms with Gasteiger partial charge in [-0.15, -0.1) is 0 Å². The van der Waals surface area contributed by atoms with E-state index in [0.717, 1.165) is 24.0 Å². The first-order chi connectivity index (χ1) is 14.7. The van der Waals surface area contributed by atoms with Crippen LogP contribution < -0.4 is 5.32 Å². The van der Waals surface area contributed by atoms with E-state index < -0.39 is 11.7 Å². The van der Waals surface area contributed by atoms with Crippen molar-refractivity contribution < 1.29 is 22.8 Å². The Morgan fingerprint density at radius 2 is 1.84 bits per heavy atom. The molecule has 2 aromatic rings. The molecule has 3 rings (SSSR count). The quantitative estimate of drug-likeness (QED) is 0.660. The molecule has 166 valence electrons. The van der Waals surface area contributed by atoms with Crippen LogP contribution in [0.3, 0.4) is 0 Å². The molecule has 0 radical (unpaired) electrons. The van der Waals surface area contributed by atoms with Crippen molar-refractivity contribution in [2.75, 3.05) is 37.2 Å². The summed E-state index contributed by atoms with van der Waals surface area (Å²) in [4.78, 5) is 32.1. The van der Waals surface area contributed by atoms with Gasteiger partial charge in [0.05, 0.1) is 16.3 Å².